The molecule has 0 fully saturated rings. The fourth-order valence-corrected chi connectivity index (χ4v) is 2.81. The second-order valence-corrected chi connectivity index (χ2v) is 6.13. The Morgan fingerprint density at radius 2 is 1.84 bits per heavy atom. The minimum Gasteiger partial charge on any atom is -0.314 e. The third-order valence-electron chi connectivity index (χ3n) is 2.65. The maximum atomic E-state index is 12.6. The van der Waals surface area contributed by atoms with Crippen LogP contribution in [0.4, 0.5) is 13.2 Å². The van der Waals surface area contributed by atoms with Crippen LogP contribution in [0, 0.1) is 0 Å². The van der Waals surface area contributed by atoms with Gasteiger partial charge in [-0.15, -0.1) is 0 Å². The fraction of sp³-hybridized carbons (Fsp3) is 0.500. The fourth-order valence-electron chi connectivity index (χ4n) is 1.81. The lowest BCUT2D eigenvalue weighted by molar-refractivity contribution is -0.0436. The molecule has 108 valence electrons. The molecule has 0 radical (unpaired) electrons. The van der Waals surface area contributed by atoms with E-state index in [1.807, 2.05) is 6.92 Å². The van der Waals surface area contributed by atoms with Crippen molar-refractivity contribution in [1.82, 2.24) is 5.32 Å². The van der Waals surface area contributed by atoms with Gasteiger partial charge in [-0.05, 0) is 31.5 Å². The zero-order chi connectivity index (χ0) is 14.7. The molecule has 1 unspecified atom stereocenters. The highest BCUT2D eigenvalue weighted by atomic mass is 32.2. The van der Waals surface area contributed by atoms with E-state index in [-0.39, 0.29) is 18.0 Å². The lowest BCUT2D eigenvalue weighted by Crippen LogP contribution is -2.29. The third-order valence-corrected chi connectivity index (χ3v) is 4.23. The Labute approximate surface area is 110 Å². The Balaban J connectivity index is 3.17. The molecule has 0 saturated heterocycles. The molecule has 1 aromatic rings. The van der Waals surface area contributed by atoms with Crippen LogP contribution in [0.25, 0.3) is 0 Å². The number of likely N-dealkylation sites (N-methyl/N-ethyl adjacent to an activating group) is 1. The Morgan fingerprint density at radius 3 is 2.37 bits per heavy atom. The highest BCUT2D eigenvalue weighted by Crippen LogP contribution is 2.32. The first-order valence-corrected chi connectivity index (χ1v) is 7.31. The van der Waals surface area contributed by atoms with Crippen LogP contribution in [0.3, 0.4) is 0 Å². The number of alkyl halides is 3. The van der Waals surface area contributed by atoms with Crippen molar-refractivity contribution in [3.8, 4) is 0 Å². The molecule has 0 bridgehead atoms. The molecular formula is C12H16F3NO2S. The van der Waals surface area contributed by atoms with Crippen LogP contribution in [0.1, 0.15) is 19.4 Å². The van der Waals surface area contributed by atoms with E-state index in [0.717, 1.165) is 6.07 Å². The third kappa shape index (κ3) is 3.70. The number of sulfone groups is 1. The summed E-state index contributed by atoms with van der Waals surface area (Å²) in [4.78, 5) is -0.660. The molecule has 0 aromatic heterocycles. The first kappa shape index (κ1) is 16.0. The van der Waals surface area contributed by atoms with Crippen LogP contribution in [0.2, 0.25) is 0 Å². The molecule has 1 aromatic carbocycles. The zero-order valence-corrected chi connectivity index (χ0v) is 11.5. The molecule has 0 saturated carbocycles. The first-order chi connectivity index (χ1) is 8.70. The summed E-state index contributed by atoms with van der Waals surface area (Å²) in [6.07, 6.45) is 0.222. The van der Waals surface area contributed by atoms with Gasteiger partial charge in [0.05, 0.1) is 4.90 Å². The van der Waals surface area contributed by atoms with Crippen molar-refractivity contribution in [1.29, 1.82) is 0 Å². The van der Waals surface area contributed by atoms with Crippen LogP contribution in [0.15, 0.2) is 29.2 Å². The number of hydrogen-bond donors (Lipinski definition) is 1. The molecule has 7 heteroatoms. The molecule has 0 aliphatic rings. The van der Waals surface area contributed by atoms with Crippen molar-refractivity contribution in [3.05, 3.63) is 29.8 Å². The molecular weight excluding hydrogens is 279 g/mol. The largest absolute Gasteiger partial charge is 0.501 e. The number of nitrogens with one attached hydrogen (secondary N) is 1. The van der Waals surface area contributed by atoms with Gasteiger partial charge in [-0.1, -0.05) is 25.1 Å². The van der Waals surface area contributed by atoms with Crippen LogP contribution in [-0.4, -0.2) is 26.5 Å². The Morgan fingerprint density at radius 1 is 1.26 bits per heavy atom. The van der Waals surface area contributed by atoms with Crippen molar-refractivity contribution in [2.45, 2.75) is 36.7 Å². The van der Waals surface area contributed by atoms with Gasteiger partial charge >= 0.3 is 5.51 Å². The number of benzene rings is 1. The van der Waals surface area contributed by atoms with Gasteiger partial charge in [0.2, 0.25) is 0 Å². The number of halogens is 3. The van der Waals surface area contributed by atoms with Crippen LogP contribution in [0.5, 0.6) is 0 Å². The quantitative estimate of drug-likeness (QED) is 0.908. The van der Waals surface area contributed by atoms with Gasteiger partial charge in [-0.3, -0.25) is 0 Å². The van der Waals surface area contributed by atoms with Crippen molar-refractivity contribution in [2.75, 3.05) is 6.54 Å². The van der Waals surface area contributed by atoms with E-state index in [4.69, 9.17) is 0 Å². The van der Waals surface area contributed by atoms with E-state index < -0.39 is 20.2 Å². The second kappa shape index (κ2) is 5.92. The Bertz CT molecular complexity index is 526. The molecule has 0 amide bonds. The van der Waals surface area contributed by atoms with E-state index >= 15 is 0 Å². The van der Waals surface area contributed by atoms with Gasteiger partial charge < -0.3 is 5.32 Å². The van der Waals surface area contributed by atoms with E-state index in [2.05, 4.69) is 5.32 Å². The minimum atomic E-state index is -5.30. The molecule has 1 N–H and O–H groups in total. The predicted molar refractivity (Wildman–Crippen MR) is 66.5 cm³/mol. The van der Waals surface area contributed by atoms with Gasteiger partial charge in [0.1, 0.15) is 0 Å². The van der Waals surface area contributed by atoms with E-state index in [1.165, 1.54) is 18.2 Å². The molecule has 0 aliphatic heterocycles. The standard InChI is InChI=1S/C12H16F3NO2S/c1-3-16-9(2)8-10-6-4-5-7-11(10)19(17,18)12(13,14)15/h4-7,9,16H,3,8H2,1-2H3. The molecule has 1 rings (SSSR count). The lowest BCUT2D eigenvalue weighted by atomic mass is 10.1. The van der Waals surface area contributed by atoms with Gasteiger partial charge in [-0.2, -0.15) is 13.2 Å². The zero-order valence-electron chi connectivity index (χ0n) is 10.7. The summed E-state index contributed by atoms with van der Waals surface area (Å²) in [7, 11) is -5.30. The molecule has 1 atom stereocenters. The number of hydrogen-bond acceptors (Lipinski definition) is 3. The lowest BCUT2D eigenvalue weighted by Gasteiger charge is -2.16. The van der Waals surface area contributed by atoms with E-state index in [9.17, 15) is 21.6 Å². The summed E-state index contributed by atoms with van der Waals surface area (Å²) < 4.78 is 60.7. The van der Waals surface area contributed by atoms with Gasteiger partial charge in [0.15, 0.2) is 0 Å². The maximum absolute atomic E-state index is 12.6. The molecule has 0 heterocycles. The van der Waals surface area contributed by atoms with Crippen LogP contribution < -0.4 is 5.32 Å². The van der Waals surface area contributed by atoms with Crippen molar-refractivity contribution in [3.63, 3.8) is 0 Å². The molecule has 3 nitrogen and oxygen atoms in total. The van der Waals surface area contributed by atoms with Crippen molar-refractivity contribution < 1.29 is 21.6 Å². The molecule has 19 heavy (non-hydrogen) atoms. The van der Waals surface area contributed by atoms with E-state index in [1.54, 1.807) is 6.92 Å². The summed E-state index contributed by atoms with van der Waals surface area (Å²) in [5, 5.41) is 3.04. The highest BCUT2D eigenvalue weighted by molar-refractivity contribution is 7.92. The number of rotatable bonds is 5. The minimum absolute atomic E-state index is 0.102. The average Bonchev–Trinajstić information content (AvgIpc) is 2.28. The maximum Gasteiger partial charge on any atom is 0.501 e. The average molecular weight is 295 g/mol. The van der Waals surface area contributed by atoms with Crippen LogP contribution >= 0.6 is 0 Å². The Hall–Kier alpha value is -1.08. The normalized spacial score (nSPS) is 14.4. The summed E-state index contributed by atoms with van der Waals surface area (Å²) >= 11 is 0. The topological polar surface area (TPSA) is 46.2 Å². The summed E-state index contributed by atoms with van der Waals surface area (Å²) in [5.41, 5.74) is -5.10. The SMILES string of the molecule is CCNC(C)Cc1ccccc1S(=O)(=O)C(F)(F)F. The predicted octanol–water partition coefficient (Wildman–Crippen LogP) is 2.52. The summed E-state index contributed by atoms with van der Waals surface area (Å²) in [6, 6.07) is 5.13. The van der Waals surface area contributed by atoms with Gasteiger partial charge in [0, 0.05) is 6.04 Å². The highest BCUT2D eigenvalue weighted by Gasteiger charge is 2.47. The van der Waals surface area contributed by atoms with Crippen molar-refractivity contribution in [2.24, 2.45) is 0 Å². The van der Waals surface area contributed by atoms with E-state index in [0.29, 0.717) is 6.54 Å². The summed E-state index contributed by atoms with van der Waals surface area (Å²) in [6.45, 7) is 4.32. The second-order valence-electron chi connectivity index (χ2n) is 4.22. The van der Waals surface area contributed by atoms with Crippen molar-refractivity contribution >= 4 is 9.84 Å². The molecule has 0 spiro atoms. The van der Waals surface area contributed by atoms with Gasteiger partial charge in [-0.25, -0.2) is 8.42 Å². The smallest absolute Gasteiger partial charge is 0.314 e. The molecule has 0 aliphatic carbocycles. The Kier molecular flexibility index (Phi) is 4.98. The van der Waals surface area contributed by atoms with Crippen LogP contribution in [-0.2, 0) is 16.3 Å². The first-order valence-electron chi connectivity index (χ1n) is 5.82. The summed E-state index contributed by atoms with van der Waals surface area (Å²) in [5.74, 6) is 0. The monoisotopic (exact) mass is 295 g/mol. The van der Waals surface area contributed by atoms with Gasteiger partial charge in [0.25, 0.3) is 9.84 Å².